The lowest BCUT2D eigenvalue weighted by Crippen LogP contribution is -2.48. The average Bonchev–Trinajstić information content (AvgIpc) is 3.06. The normalized spacial score (nSPS) is 17.2. The molecule has 2 N–H and O–H groups in total. The van der Waals surface area contributed by atoms with Crippen LogP contribution in [-0.4, -0.2) is 55.3 Å². The van der Waals surface area contributed by atoms with E-state index >= 15 is 0 Å². The number of guanidine groups is 1. The molecule has 0 bridgehead atoms. The van der Waals surface area contributed by atoms with Crippen molar-refractivity contribution in [1.29, 1.82) is 0 Å². The zero-order valence-electron chi connectivity index (χ0n) is 14.8. The summed E-state index contributed by atoms with van der Waals surface area (Å²) in [6.07, 6.45) is 8.37. The molecule has 0 aliphatic carbocycles. The van der Waals surface area contributed by atoms with Crippen molar-refractivity contribution in [3.05, 3.63) is 16.1 Å². The van der Waals surface area contributed by atoms with Crippen molar-refractivity contribution in [1.82, 2.24) is 15.6 Å². The van der Waals surface area contributed by atoms with Crippen molar-refractivity contribution in [2.75, 3.05) is 39.6 Å². The number of nitrogens with zero attached hydrogens (tertiary/aromatic N) is 2. The van der Waals surface area contributed by atoms with E-state index in [1.807, 2.05) is 25.0 Å². The number of aryl methyl sites for hydroxylation is 1. The van der Waals surface area contributed by atoms with Crippen molar-refractivity contribution < 1.29 is 4.74 Å². The maximum Gasteiger partial charge on any atom is 0.191 e. The Morgan fingerprint density at radius 1 is 1.42 bits per heavy atom. The molecule has 0 aromatic carbocycles. The van der Waals surface area contributed by atoms with E-state index < -0.39 is 0 Å². The van der Waals surface area contributed by atoms with Gasteiger partial charge in [0.2, 0.25) is 0 Å². The Bertz CT molecular complexity index is 504. The lowest BCUT2D eigenvalue weighted by Gasteiger charge is -2.36. The third-order valence-corrected chi connectivity index (χ3v) is 6.84. The number of hydrogen-bond acceptors (Lipinski definition) is 5. The van der Waals surface area contributed by atoms with Gasteiger partial charge in [-0.2, -0.15) is 11.8 Å². The number of halogens is 1. The molecule has 0 unspecified atom stereocenters. The number of ether oxygens (including phenoxy) is 1. The third-order valence-electron chi connectivity index (χ3n) is 4.22. The van der Waals surface area contributed by atoms with Crippen molar-refractivity contribution in [3.8, 4) is 0 Å². The predicted molar refractivity (Wildman–Crippen MR) is 116 cm³/mol. The average molecular weight is 484 g/mol. The second-order valence-corrected chi connectivity index (χ2v) is 8.15. The van der Waals surface area contributed by atoms with Crippen LogP contribution in [0.2, 0.25) is 0 Å². The van der Waals surface area contributed by atoms with Crippen molar-refractivity contribution in [3.63, 3.8) is 0 Å². The van der Waals surface area contributed by atoms with Gasteiger partial charge in [0.1, 0.15) is 0 Å². The van der Waals surface area contributed by atoms with Gasteiger partial charge in [0.15, 0.2) is 5.96 Å². The van der Waals surface area contributed by atoms with Crippen LogP contribution in [0.5, 0.6) is 0 Å². The zero-order chi connectivity index (χ0) is 16.5. The first-order chi connectivity index (χ1) is 11.2. The lowest BCUT2D eigenvalue weighted by atomic mass is 9.99. The molecule has 2 heterocycles. The first kappa shape index (κ1) is 22.0. The van der Waals surface area contributed by atoms with Crippen molar-refractivity contribution >= 4 is 53.0 Å². The largest absolute Gasteiger partial charge is 0.381 e. The molecule has 0 saturated carbocycles. The second kappa shape index (κ2) is 11.5. The molecular weight excluding hydrogens is 455 g/mol. The highest BCUT2D eigenvalue weighted by molar-refractivity contribution is 14.0. The summed E-state index contributed by atoms with van der Waals surface area (Å²) in [5.41, 5.74) is 0. The molecule has 1 aromatic heterocycles. The summed E-state index contributed by atoms with van der Waals surface area (Å²) in [6, 6.07) is 0. The van der Waals surface area contributed by atoms with E-state index in [-0.39, 0.29) is 28.7 Å². The highest BCUT2D eigenvalue weighted by Gasteiger charge is 2.31. The molecule has 8 heteroatoms. The lowest BCUT2D eigenvalue weighted by molar-refractivity contribution is 0.0783. The van der Waals surface area contributed by atoms with Crippen LogP contribution in [0, 0.1) is 0 Å². The van der Waals surface area contributed by atoms with Gasteiger partial charge in [0.25, 0.3) is 0 Å². The van der Waals surface area contributed by atoms with E-state index in [4.69, 9.17) is 4.74 Å². The van der Waals surface area contributed by atoms with Crippen LogP contribution in [0.4, 0.5) is 0 Å². The monoisotopic (exact) mass is 484 g/mol. The standard InChI is InChI=1S/C16H28N4OS2.HI/c1-4-13-11-19-14(23-13)5-8-18-15(17-2)20-12-16(22-3)6-9-21-10-7-16;/h11H,4-10,12H2,1-3H3,(H2,17,18,20);1H. The topological polar surface area (TPSA) is 58.5 Å². The van der Waals surface area contributed by atoms with Gasteiger partial charge < -0.3 is 15.4 Å². The molecule has 1 saturated heterocycles. The first-order valence-corrected chi connectivity index (χ1v) is 10.3. The van der Waals surface area contributed by atoms with Crippen molar-refractivity contribution in [2.45, 2.75) is 37.4 Å². The SMILES string of the molecule is CCc1cnc(CCNC(=NC)NCC2(SC)CCOCC2)s1.I. The summed E-state index contributed by atoms with van der Waals surface area (Å²) < 4.78 is 5.76. The van der Waals surface area contributed by atoms with Gasteiger partial charge in [-0.15, -0.1) is 35.3 Å². The van der Waals surface area contributed by atoms with Crippen molar-refractivity contribution in [2.24, 2.45) is 4.99 Å². The molecule has 0 atom stereocenters. The molecule has 5 nitrogen and oxygen atoms in total. The van der Waals surface area contributed by atoms with Crippen LogP contribution < -0.4 is 10.6 Å². The summed E-state index contributed by atoms with van der Waals surface area (Å²) in [5, 5.41) is 8.06. The van der Waals surface area contributed by atoms with Gasteiger partial charge in [-0.3, -0.25) is 4.99 Å². The second-order valence-electron chi connectivity index (χ2n) is 5.68. The first-order valence-electron chi connectivity index (χ1n) is 8.22. The maximum atomic E-state index is 5.49. The fourth-order valence-electron chi connectivity index (χ4n) is 2.58. The molecule has 1 aromatic rings. The van der Waals surface area contributed by atoms with Crippen LogP contribution >= 0.6 is 47.1 Å². The van der Waals surface area contributed by atoms with Crippen LogP contribution in [0.25, 0.3) is 0 Å². The van der Waals surface area contributed by atoms with E-state index in [1.165, 1.54) is 9.88 Å². The van der Waals surface area contributed by atoms with Crippen LogP contribution in [0.1, 0.15) is 29.7 Å². The summed E-state index contributed by atoms with van der Waals surface area (Å²) in [7, 11) is 1.82. The summed E-state index contributed by atoms with van der Waals surface area (Å²) >= 11 is 3.74. The van der Waals surface area contributed by atoms with Gasteiger partial charge >= 0.3 is 0 Å². The number of nitrogens with one attached hydrogen (secondary N) is 2. The molecular formula is C16H29IN4OS2. The Labute approximate surface area is 170 Å². The predicted octanol–water partition coefficient (Wildman–Crippen LogP) is 2.94. The van der Waals surface area contributed by atoms with E-state index in [0.29, 0.717) is 0 Å². The molecule has 24 heavy (non-hydrogen) atoms. The molecule has 0 radical (unpaired) electrons. The number of aromatic nitrogens is 1. The summed E-state index contributed by atoms with van der Waals surface area (Å²) in [5.74, 6) is 0.872. The van der Waals surface area contributed by atoms with Gasteiger partial charge in [-0.1, -0.05) is 6.92 Å². The fraction of sp³-hybridized carbons (Fsp3) is 0.750. The maximum absolute atomic E-state index is 5.49. The highest BCUT2D eigenvalue weighted by atomic mass is 127. The molecule has 1 aliphatic rings. The number of thiazole rings is 1. The molecule has 1 aliphatic heterocycles. The number of thioether (sulfide) groups is 1. The van der Waals surface area contributed by atoms with Crippen LogP contribution in [-0.2, 0) is 17.6 Å². The molecule has 1 fully saturated rings. The number of rotatable bonds is 7. The van der Waals surface area contributed by atoms with Gasteiger partial charge in [-0.05, 0) is 25.5 Å². The van der Waals surface area contributed by atoms with Crippen LogP contribution in [0.15, 0.2) is 11.2 Å². The Morgan fingerprint density at radius 2 is 2.17 bits per heavy atom. The smallest absolute Gasteiger partial charge is 0.191 e. The quantitative estimate of drug-likeness (QED) is 0.354. The minimum absolute atomic E-state index is 0. The minimum atomic E-state index is 0. The molecule has 0 amide bonds. The van der Waals surface area contributed by atoms with Crippen LogP contribution in [0.3, 0.4) is 0 Å². The molecule has 138 valence electrons. The van der Waals surface area contributed by atoms with E-state index in [2.05, 4.69) is 33.8 Å². The Kier molecular flexibility index (Phi) is 10.6. The Hall–Kier alpha value is -0.0600. The van der Waals surface area contributed by atoms with Gasteiger partial charge in [0, 0.05) is 55.6 Å². The minimum Gasteiger partial charge on any atom is -0.381 e. The Morgan fingerprint density at radius 3 is 2.75 bits per heavy atom. The van der Waals surface area contributed by atoms with E-state index in [1.54, 1.807) is 11.3 Å². The Balaban J connectivity index is 0.00000288. The molecule has 2 rings (SSSR count). The van der Waals surface area contributed by atoms with Gasteiger partial charge in [-0.25, -0.2) is 4.98 Å². The number of hydrogen-bond donors (Lipinski definition) is 2. The highest BCUT2D eigenvalue weighted by Crippen LogP contribution is 2.32. The van der Waals surface area contributed by atoms with E-state index in [9.17, 15) is 0 Å². The zero-order valence-corrected chi connectivity index (χ0v) is 18.7. The van der Waals surface area contributed by atoms with Gasteiger partial charge in [0.05, 0.1) is 5.01 Å². The fourth-order valence-corrected chi connectivity index (χ4v) is 4.23. The third kappa shape index (κ3) is 6.68. The molecule has 0 spiro atoms. The summed E-state index contributed by atoms with van der Waals surface area (Å²) in [6.45, 7) is 5.66. The number of aliphatic imine (C=N–C) groups is 1. The summed E-state index contributed by atoms with van der Waals surface area (Å²) in [4.78, 5) is 10.1. The van der Waals surface area contributed by atoms with E-state index in [0.717, 1.165) is 57.9 Å².